The number of fused-ring (bicyclic) bond motifs is 1. The zero-order chi connectivity index (χ0) is 19.8. The second-order valence-electron chi connectivity index (χ2n) is 7.40. The first-order valence-corrected chi connectivity index (χ1v) is 10.3. The maximum absolute atomic E-state index is 13.0. The van der Waals surface area contributed by atoms with E-state index >= 15 is 0 Å². The van der Waals surface area contributed by atoms with E-state index in [-0.39, 0.29) is 12.7 Å². The first-order chi connectivity index (χ1) is 13.7. The van der Waals surface area contributed by atoms with Gasteiger partial charge in [0.2, 0.25) is 12.7 Å². The molecule has 0 unspecified atom stereocenters. The van der Waals surface area contributed by atoms with Gasteiger partial charge in [0.1, 0.15) is 5.82 Å². The van der Waals surface area contributed by atoms with Crippen LogP contribution >= 0.6 is 0 Å². The van der Waals surface area contributed by atoms with Crippen LogP contribution in [0, 0.1) is 0 Å². The third kappa shape index (κ3) is 5.50. The van der Waals surface area contributed by atoms with Crippen molar-refractivity contribution in [1.29, 1.82) is 0 Å². The number of imidazole rings is 1. The number of ether oxygens (including phenoxy) is 2. The summed E-state index contributed by atoms with van der Waals surface area (Å²) in [6.45, 7) is 3.78. The molecule has 2 heterocycles. The number of unbranched alkanes of at least 4 members (excludes halogenated alkanes) is 5. The van der Waals surface area contributed by atoms with Gasteiger partial charge in [-0.1, -0.05) is 45.1 Å². The third-order valence-electron chi connectivity index (χ3n) is 5.18. The summed E-state index contributed by atoms with van der Waals surface area (Å²) in [5.74, 6) is 2.49. The molecule has 1 aliphatic heterocycles. The largest absolute Gasteiger partial charge is 0.454 e. The second-order valence-corrected chi connectivity index (χ2v) is 7.40. The van der Waals surface area contributed by atoms with Crippen LogP contribution < -0.4 is 9.47 Å². The molecule has 1 aromatic carbocycles. The molecule has 0 aliphatic carbocycles. The van der Waals surface area contributed by atoms with Gasteiger partial charge in [0.05, 0.1) is 13.0 Å². The minimum Gasteiger partial charge on any atom is -0.454 e. The summed E-state index contributed by atoms with van der Waals surface area (Å²) in [4.78, 5) is 19.4. The fourth-order valence-electron chi connectivity index (χ4n) is 3.43. The van der Waals surface area contributed by atoms with Gasteiger partial charge in [-0.15, -0.1) is 0 Å². The van der Waals surface area contributed by atoms with Crippen molar-refractivity contribution in [1.82, 2.24) is 14.5 Å². The minimum absolute atomic E-state index is 0.121. The van der Waals surface area contributed by atoms with E-state index in [1.807, 2.05) is 40.9 Å². The summed E-state index contributed by atoms with van der Waals surface area (Å²) >= 11 is 0. The lowest BCUT2D eigenvalue weighted by Crippen LogP contribution is -2.33. The molecule has 0 bridgehead atoms. The average molecular weight is 386 g/mol. The van der Waals surface area contributed by atoms with Gasteiger partial charge in [0.25, 0.3) is 0 Å². The van der Waals surface area contributed by atoms with Gasteiger partial charge < -0.3 is 18.9 Å². The Hall–Kier alpha value is -2.50. The predicted molar refractivity (Wildman–Crippen MR) is 108 cm³/mol. The molecule has 0 N–H and O–H groups in total. The average Bonchev–Trinajstić information content (AvgIpc) is 3.32. The summed E-state index contributed by atoms with van der Waals surface area (Å²) in [5, 5.41) is 0. The molecular formula is C22H31N3O3. The van der Waals surface area contributed by atoms with E-state index < -0.39 is 0 Å². The van der Waals surface area contributed by atoms with Crippen LogP contribution in [0.3, 0.4) is 0 Å². The van der Waals surface area contributed by atoms with Crippen molar-refractivity contribution in [2.24, 2.45) is 7.05 Å². The zero-order valence-corrected chi connectivity index (χ0v) is 17.0. The standard InChI is InChI=1S/C22H31N3O3/c1-3-4-5-6-7-8-12-25(16-21-23-11-13-24(21)2)22(26)15-18-9-10-19-20(14-18)28-17-27-19/h9-11,13-14H,3-8,12,15-17H2,1-2H3. The minimum atomic E-state index is 0.121. The molecule has 0 saturated carbocycles. The van der Waals surface area contributed by atoms with Crippen molar-refractivity contribution < 1.29 is 14.3 Å². The Kier molecular flexibility index (Phi) is 7.34. The molecule has 0 fully saturated rings. The van der Waals surface area contributed by atoms with Gasteiger partial charge in [-0.25, -0.2) is 4.98 Å². The Morgan fingerprint density at radius 3 is 2.71 bits per heavy atom. The van der Waals surface area contributed by atoms with Gasteiger partial charge in [0.15, 0.2) is 11.5 Å². The summed E-state index contributed by atoms with van der Waals surface area (Å²) in [5.41, 5.74) is 0.946. The highest BCUT2D eigenvalue weighted by atomic mass is 16.7. The Labute approximate surface area is 167 Å². The number of hydrogen-bond donors (Lipinski definition) is 0. The number of hydrogen-bond acceptors (Lipinski definition) is 4. The third-order valence-corrected chi connectivity index (χ3v) is 5.18. The fourth-order valence-corrected chi connectivity index (χ4v) is 3.43. The van der Waals surface area contributed by atoms with E-state index in [1.54, 1.807) is 6.20 Å². The molecule has 28 heavy (non-hydrogen) atoms. The van der Waals surface area contributed by atoms with E-state index in [9.17, 15) is 4.79 Å². The number of amides is 1. The molecule has 0 spiro atoms. The number of nitrogens with zero attached hydrogens (tertiary/aromatic N) is 3. The number of aromatic nitrogens is 2. The monoisotopic (exact) mass is 385 g/mol. The van der Waals surface area contributed by atoms with Gasteiger partial charge in [0, 0.05) is 26.0 Å². The van der Waals surface area contributed by atoms with E-state index in [1.165, 1.54) is 25.7 Å². The molecule has 0 radical (unpaired) electrons. The quantitative estimate of drug-likeness (QED) is 0.547. The SMILES string of the molecule is CCCCCCCCN(Cc1nccn1C)C(=O)Cc1ccc2c(c1)OCO2. The van der Waals surface area contributed by atoms with Crippen LogP contribution in [-0.4, -0.2) is 33.7 Å². The van der Waals surface area contributed by atoms with Gasteiger partial charge in [-0.3, -0.25) is 4.79 Å². The fraction of sp³-hybridized carbons (Fsp3) is 0.545. The van der Waals surface area contributed by atoms with E-state index in [2.05, 4.69) is 11.9 Å². The Balaban J connectivity index is 1.59. The smallest absolute Gasteiger partial charge is 0.231 e. The topological polar surface area (TPSA) is 56.6 Å². The van der Waals surface area contributed by atoms with Gasteiger partial charge in [-0.2, -0.15) is 0 Å². The number of aryl methyl sites for hydroxylation is 1. The molecule has 0 saturated heterocycles. The lowest BCUT2D eigenvalue weighted by atomic mass is 10.1. The molecule has 2 aromatic rings. The van der Waals surface area contributed by atoms with E-state index in [0.29, 0.717) is 13.0 Å². The van der Waals surface area contributed by atoms with Crippen LogP contribution in [0.4, 0.5) is 0 Å². The highest BCUT2D eigenvalue weighted by Crippen LogP contribution is 2.32. The van der Waals surface area contributed by atoms with Crippen LogP contribution in [0.2, 0.25) is 0 Å². The molecule has 1 aliphatic rings. The number of benzene rings is 1. The Morgan fingerprint density at radius 1 is 1.14 bits per heavy atom. The van der Waals surface area contributed by atoms with Crippen LogP contribution in [0.1, 0.15) is 56.8 Å². The normalized spacial score (nSPS) is 12.4. The lowest BCUT2D eigenvalue weighted by Gasteiger charge is -2.23. The summed E-state index contributed by atoms with van der Waals surface area (Å²) in [6, 6.07) is 5.72. The van der Waals surface area contributed by atoms with Gasteiger partial charge >= 0.3 is 0 Å². The van der Waals surface area contributed by atoms with Crippen molar-refractivity contribution in [2.75, 3.05) is 13.3 Å². The van der Waals surface area contributed by atoms with Crippen molar-refractivity contribution in [2.45, 2.75) is 58.4 Å². The highest BCUT2D eigenvalue weighted by Gasteiger charge is 2.19. The van der Waals surface area contributed by atoms with Crippen LogP contribution in [-0.2, 0) is 24.8 Å². The summed E-state index contributed by atoms with van der Waals surface area (Å²) in [7, 11) is 1.97. The molecule has 152 valence electrons. The zero-order valence-electron chi connectivity index (χ0n) is 17.0. The van der Waals surface area contributed by atoms with Crippen LogP contribution in [0.5, 0.6) is 11.5 Å². The molecule has 1 aromatic heterocycles. The lowest BCUT2D eigenvalue weighted by molar-refractivity contribution is -0.131. The molecule has 0 atom stereocenters. The summed E-state index contributed by atoms with van der Waals surface area (Å²) < 4.78 is 12.8. The molecular weight excluding hydrogens is 354 g/mol. The Bertz CT molecular complexity index is 772. The van der Waals surface area contributed by atoms with Gasteiger partial charge in [-0.05, 0) is 24.1 Å². The molecule has 6 nitrogen and oxygen atoms in total. The van der Waals surface area contributed by atoms with Crippen LogP contribution in [0.15, 0.2) is 30.6 Å². The molecule has 3 rings (SSSR count). The van der Waals surface area contributed by atoms with Crippen molar-refractivity contribution >= 4 is 5.91 Å². The summed E-state index contributed by atoms with van der Waals surface area (Å²) in [6.07, 6.45) is 11.3. The number of carbonyl (C=O) groups excluding carboxylic acids is 1. The first kappa shape index (κ1) is 20.2. The van der Waals surface area contributed by atoms with E-state index in [0.717, 1.165) is 42.3 Å². The van der Waals surface area contributed by atoms with Crippen molar-refractivity contribution in [3.8, 4) is 11.5 Å². The van der Waals surface area contributed by atoms with E-state index in [4.69, 9.17) is 9.47 Å². The maximum Gasteiger partial charge on any atom is 0.231 e. The first-order valence-electron chi connectivity index (χ1n) is 10.3. The maximum atomic E-state index is 13.0. The van der Waals surface area contributed by atoms with Crippen LogP contribution in [0.25, 0.3) is 0 Å². The number of rotatable bonds is 11. The van der Waals surface area contributed by atoms with Crippen molar-refractivity contribution in [3.05, 3.63) is 42.0 Å². The predicted octanol–water partition coefficient (Wildman–Crippen LogP) is 4.08. The van der Waals surface area contributed by atoms with Crippen molar-refractivity contribution in [3.63, 3.8) is 0 Å². The highest BCUT2D eigenvalue weighted by molar-refractivity contribution is 5.79. The number of carbonyl (C=O) groups is 1. The second kappa shape index (κ2) is 10.2. The Morgan fingerprint density at radius 2 is 1.93 bits per heavy atom. The molecule has 1 amide bonds. The molecule has 6 heteroatoms.